The number of ether oxygens (including phenoxy) is 4. The van der Waals surface area contributed by atoms with E-state index >= 15 is 0 Å². The van der Waals surface area contributed by atoms with E-state index in [2.05, 4.69) is 89.6 Å². The molecule has 0 aliphatic carbocycles. The van der Waals surface area contributed by atoms with Crippen LogP contribution in [-0.4, -0.2) is 220 Å². The number of aryl methyl sites for hydroxylation is 2. The van der Waals surface area contributed by atoms with Crippen molar-refractivity contribution >= 4 is 179 Å². The number of anilines is 5. The molecule has 30 nitrogen and oxygen atoms in total. The highest BCUT2D eigenvalue weighted by Crippen LogP contribution is 2.40. The van der Waals surface area contributed by atoms with E-state index in [1.807, 2.05) is 60.8 Å². The van der Waals surface area contributed by atoms with Crippen molar-refractivity contribution in [3.05, 3.63) is 236 Å². The van der Waals surface area contributed by atoms with Crippen LogP contribution in [-0.2, 0) is 80.0 Å². The monoisotopic (exact) mass is 2180 g/mol. The Morgan fingerprint density at radius 1 is 0.473 bits per heavy atom. The molecule has 0 bridgehead atoms. The number of aromatic nitrogens is 2. The maximum Gasteiger partial charge on any atom is 0.496 e. The average Bonchev–Trinajstić information content (AvgIpc) is 1.63. The second-order valence-electron chi connectivity index (χ2n) is 30.5. The minimum atomic E-state index is -4.56. The Kier molecular flexibility index (Phi) is 38.7. The van der Waals surface area contributed by atoms with Gasteiger partial charge >= 0.3 is 19.5 Å². The van der Waals surface area contributed by atoms with Crippen molar-refractivity contribution in [2.75, 3.05) is 162 Å². The Labute approximate surface area is 794 Å². The number of halogens is 10. The van der Waals surface area contributed by atoms with Gasteiger partial charge in [0.05, 0.1) is 145 Å². The van der Waals surface area contributed by atoms with E-state index in [1.165, 1.54) is 79.1 Å². The summed E-state index contributed by atoms with van der Waals surface area (Å²) in [6, 6.07) is 36.0. The average molecular weight is 2180 g/mol. The molecule has 46 heteroatoms. The molecule has 0 saturated carbocycles. The highest BCUT2D eigenvalue weighted by molar-refractivity contribution is 9.11. The molecule has 14 rings (SSSR count). The number of pyridine rings is 2. The van der Waals surface area contributed by atoms with Gasteiger partial charge in [0.1, 0.15) is 4.90 Å². The molecule has 5 fully saturated rings. The number of benzene rings is 7. The minimum absolute atomic E-state index is 0.0995. The number of hydrogen-bond donors (Lipinski definition) is 3. The molecule has 0 radical (unpaired) electrons. The second-order valence-corrected chi connectivity index (χ2v) is 43.0. The van der Waals surface area contributed by atoms with Crippen molar-refractivity contribution in [1.29, 1.82) is 0 Å². The molecule has 7 aromatic carbocycles. The molecular formula is C85H95BBr4F6N10O20S5. The van der Waals surface area contributed by atoms with Crippen LogP contribution in [0.3, 0.4) is 0 Å². The lowest BCUT2D eigenvalue weighted by Gasteiger charge is -2.32. The van der Waals surface area contributed by atoms with Gasteiger partial charge in [0.15, 0.2) is 39.3 Å². The number of nitrogens with zero attached hydrogens (tertiary/aromatic N) is 7. The summed E-state index contributed by atoms with van der Waals surface area (Å²) in [5.74, 6) is -1.37. The van der Waals surface area contributed by atoms with Crippen molar-refractivity contribution in [3.63, 3.8) is 0 Å². The molecule has 2 aromatic heterocycles. The summed E-state index contributed by atoms with van der Waals surface area (Å²) in [6.45, 7) is 22.6. The number of alkyl halides is 6. The highest BCUT2D eigenvalue weighted by atomic mass is 79.9. The van der Waals surface area contributed by atoms with Gasteiger partial charge in [-0.1, -0.05) is 81.9 Å². The summed E-state index contributed by atoms with van der Waals surface area (Å²) < 4.78 is 208. The van der Waals surface area contributed by atoms with Gasteiger partial charge in [-0.2, -0.15) is 26.3 Å². The van der Waals surface area contributed by atoms with E-state index in [0.717, 1.165) is 120 Å². The number of rotatable bonds is 16. The number of sulfone groups is 4. The summed E-state index contributed by atoms with van der Waals surface area (Å²) in [4.78, 5) is 61.0. The van der Waals surface area contributed by atoms with Crippen molar-refractivity contribution in [3.8, 4) is 11.1 Å². The fourth-order valence-electron chi connectivity index (χ4n) is 12.8. The van der Waals surface area contributed by atoms with Crippen LogP contribution in [0.5, 0.6) is 0 Å². The predicted molar refractivity (Wildman–Crippen MR) is 505 cm³/mol. The van der Waals surface area contributed by atoms with Gasteiger partial charge in [0.2, 0.25) is 0 Å². The molecule has 3 N–H and O–H groups in total. The van der Waals surface area contributed by atoms with Crippen molar-refractivity contribution < 1.29 is 108 Å². The third-order valence-electron chi connectivity index (χ3n) is 20.2. The Morgan fingerprint density at radius 2 is 0.824 bits per heavy atom. The molecule has 708 valence electrons. The largest absolute Gasteiger partial charge is 0.496 e. The van der Waals surface area contributed by atoms with Gasteiger partial charge in [-0.15, -0.1) is 11.8 Å². The van der Waals surface area contributed by atoms with Crippen molar-refractivity contribution in [2.45, 2.75) is 89.6 Å². The smallest absolute Gasteiger partial charge is 0.399 e. The van der Waals surface area contributed by atoms with Crippen LogP contribution in [0.1, 0.15) is 70.9 Å². The fourth-order valence-corrected chi connectivity index (χ4v) is 18.3. The molecule has 5 saturated heterocycles. The number of carbonyl (C=O) groups is 2. The number of nitro benzene ring substituents is 2. The third kappa shape index (κ3) is 31.8. The van der Waals surface area contributed by atoms with E-state index in [4.69, 9.17) is 28.3 Å². The molecule has 9 aromatic rings. The third-order valence-corrected chi connectivity index (χ3v) is 27.5. The molecule has 0 spiro atoms. The van der Waals surface area contributed by atoms with Crippen LogP contribution in [0.25, 0.3) is 11.1 Å². The van der Waals surface area contributed by atoms with Crippen LogP contribution < -0.4 is 36.1 Å². The van der Waals surface area contributed by atoms with Crippen LogP contribution in [0.4, 0.5) is 66.2 Å². The van der Waals surface area contributed by atoms with E-state index in [-0.39, 0.29) is 37.2 Å². The number of nitro groups is 2. The van der Waals surface area contributed by atoms with Crippen LogP contribution in [0.2, 0.25) is 0 Å². The Hall–Kier alpha value is -8.59. The number of hydrogen-bond acceptors (Lipinski definition) is 27. The summed E-state index contributed by atoms with van der Waals surface area (Å²) in [5.41, 5.74) is 2.57. The number of amides is 2. The normalized spacial score (nSPS) is 15.6. The molecule has 5 aliphatic rings. The first-order chi connectivity index (χ1) is 61.2. The van der Waals surface area contributed by atoms with Gasteiger partial charge in [-0.25, -0.2) is 33.7 Å². The first kappa shape index (κ1) is 108. The Morgan fingerprint density at radius 3 is 1.19 bits per heavy atom. The zero-order valence-electron chi connectivity index (χ0n) is 72.6. The standard InChI is InChI=1S/C25H24F3N3O4S.C20H22BF3N2O3.2C11H14BrNO3S.C7H6BrNO4S.C7H6BrNO2S.C4H9NO/c1-16-21(17-6-7-23(36(2,33)34)22(13-17)31-8-10-35-11-9-31)14-20(15-29-16)30-24(32)18-4-3-5-19(12-18)25(26,27)28;1-12-16(21-28-18(2,3)19(4,5)29-21)10-15(11-25-12)26-17(27)13-7-6-8-14(9-13)20(22,23)24;2*1-17(14,15)11-3-2-9(12)8-10(11)13-4-6-16-7-5-13;1-14(12,13)7-3-2-5(8)4-6(7)9(10)11;1-12-7-3-2-5(8)4-6(7)9(10)11;1-3-6-4-2-5-1/h3-7,12-15H,8-11H2,1-2H3,(H,30,32);6-11H,1-5H3,(H,26,27);2*2-3,8H,4-7H2,1H3;2-4H,1H3;2-4H,1H3;5H,1-4H2. The topological polar surface area (TPSA) is 384 Å². The zero-order chi connectivity index (χ0) is 96.9. The van der Waals surface area contributed by atoms with Gasteiger partial charge in [0.25, 0.3) is 23.2 Å². The van der Waals surface area contributed by atoms with Crippen molar-refractivity contribution in [1.82, 2.24) is 15.3 Å². The SMILES string of the molecule is C1COCCN1.CS(=O)(=O)c1ccc(Br)cc1N1CCOCC1.CS(=O)(=O)c1ccc(Br)cc1N1CCOCC1.CS(=O)(=O)c1ccc(Br)cc1[N+](=O)[O-].CSc1ccc(Br)cc1[N+](=O)[O-].Cc1ncc(NC(=O)c2cccc(C(F)(F)F)c2)cc1-c1ccc(S(C)(=O)=O)c(N2CCOCC2)c1.Cc1ncc(NC(=O)c2cccc(C(F)(F)F)c2)cc1B1OC(C)(C)C(C)(C)O1. The molecule has 2 amide bonds. The fraction of sp³-hybridized carbons (Fsp3) is 0.365. The number of morpholine rings is 4. The summed E-state index contributed by atoms with van der Waals surface area (Å²) in [7, 11) is -14.1. The maximum atomic E-state index is 13.0. The quantitative estimate of drug-likeness (QED) is 0.0266. The van der Waals surface area contributed by atoms with E-state index in [1.54, 1.807) is 80.6 Å². The molecule has 0 unspecified atom stereocenters. The lowest BCUT2D eigenvalue weighted by atomic mass is 9.78. The van der Waals surface area contributed by atoms with Crippen LogP contribution in [0, 0.1) is 34.1 Å². The van der Waals surface area contributed by atoms with Crippen LogP contribution in [0.15, 0.2) is 206 Å². The number of thioether (sulfide) groups is 1. The summed E-state index contributed by atoms with van der Waals surface area (Å²) >= 11 is 14.3. The molecule has 0 atom stereocenters. The van der Waals surface area contributed by atoms with Gasteiger partial charge in [-0.3, -0.25) is 39.8 Å². The lowest BCUT2D eigenvalue weighted by molar-refractivity contribution is -0.388. The van der Waals surface area contributed by atoms with Crippen LogP contribution >= 0.6 is 75.5 Å². The van der Waals surface area contributed by atoms with Gasteiger partial charge in [0, 0.05) is 141 Å². The number of nitrogens with one attached hydrogen (secondary N) is 3. The van der Waals surface area contributed by atoms with E-state index < -0.39 is 104 Å². The highest BCUT2D eigenvalue weighted by Gasteiger charge is 2.52. The molecule has 131 heavy (non-hydrogen) atoms. The first-order valence-corrected chi connectivity index (χ1v) is 51.6. The lowest BCUT2D eigenvalue weighted by Crippen LogP contribution is -2.41. The Bertz CT molecular complexity index is 5940. The minimum Gasteiger partial charge on any atom is -0.399 e. The first-order valence-electron chi connectivity index (χ1n) is 39.7. The molecule has 5 aliphatic heterocycles. The zero-order valence-corrected chi connectivity index (χ0v) is 83.0. The maximum absolute atomic E-state index is 13.0. The predicted octanol–water partition coefficient (Wildman–Crippen LogP) is 16.4. The summed E-state index contributed by atoms with van der Waals surface area (Å²) in [6.07, 6.45) is 0.146. The summed E-state index contributed by atoms with van der Waals surface area (Å²) in [5, 5.41) is 29.4. The van der Waals surface area contributed by atoms with Gasteiger partial charge < -0.3 is 58.9 Å². The van der Waals surface area contributed by atoms with E-state index in [0.29, 0.717) is 111 Å². The Balaban J connectivity index is 0.000000199. The second kappa shape index (κ2) is 47.1. The van der Waals surface area contributed by atoms with Gasteiger partial charge in [-0.05, 0) is 175 Å². The molecular weight excluding hydrogens is 2090 g/mol. The van der Waals surface area contributed by atoms with E-state index in [9.17, 15) is 89.8 Å². The number of carbonyl (C=O) groups excluding carboxylic acids is 2. The van der Waals surface area contributed by atoms with Crippen molar-refractivity contribution in [2.24, 2.45) is 0 Å². The molecule has 7 heterocycles.